The molecule has 1 aliphatic heterocycles. The average Bonchev–Trinajstić information content (AvgIpc) is 2.35. The van der Waals surface area contributed by atoms with E-state index in [4.69, 9.17) is 14.2 Å². The summed E-state index contributed by atoms with van der Waals surface area (Å²) in [5.74, 6) is 0.431. The summed E-state index contributed by atoms with van der Waals surface area (Å²) in [7, 11) is 0. The topological polar surface area (TPSA) is 65.0 Å². The molecule has 1 N–H and O–H groups in total. The Morgan fingerprint density at radius 2 is 1.65 bits per heavy atom. The third kappa shape index (κ3) is 3.42. The van der Waals surface area contributed by atoms with E-state index in [1.807, 2.05) is 13.0 Å². The van der Waals surface area contributed by atoms with Gasteiger partial charge in [-0.1, -0.05) is 12.1 Å². The van der Waals surface area contributed by atoms with Crippen molar-refractivity contribution in [1.82, 2.24) is 0 Å². The molecule has 5 nitrogen and oxygen atoms in total. The van der Waals surface area contributed by atoms with E-state index in [2.05, 4.69) is 0 Å². The minimum atomic E-state index is -1.06. The van der Waals surface area contributed by atoms with Gasteiger partial charge in [-0.05, 0) is 32.9 Å². The van der Waals surface area contributed by atoms with Crippen LogP contribution in [0.15, 0.2) is 24.3 Å². The largest absolute Gasteiger partial charge is 0.487 e. The third-order valence-electron chi connectivity index (χ3n) is 3.08. The van der Waals surface area contributed by atoms with E-state index < -0.39 is 18.2 Å². The number of aliphatic hydroxyl groups is 1. The minimum absolute atomic E-state index is 0.106. The molecular formula is C15H20O5. The predicted octanol–water partition coefficient (Wildman–Crippen LogP) is 1.92. The zero-order valence-corrected chi connectivity index (χ0v) is 11.9. The Labute approximate surface area is 118 Å². The monoisotopic (exact) mass is 280 g/mol. The third-order valence-corrected chi connectivity index (χ3v) is 3.08. The second-order valence-electron chi connectivity index (χ2n) is 5.14. The highest BCUT2D eigenvalue weighted by Gasteiger charge is 2.31. The molecule has 0 fully saturated rings. The van der Waals surface area contributed by atoms with E-state index >= 15 is 0 Å². The number of para-hydroxylation sites is 2. The first-order valence-electron chi connectivity index (χ1n) is 6.78. The molecule has 1 unspecified atom stereocenters. The van der Waals surface area contributed by atoms with Crippen LogP contribution in [0.4, 0.5) is 0 Å². The van der Waals surface area contributed by atoms with Crippen LogP contribution in [-0.2, 0) is 9.53 Å². The molecule has 110 valence electrons. The molecule has 5 heteroatoms. The van der Waals surface area contributed by atoms with E-state index in [1.54, 1.807) is 25.1 Å². The Bertz CT molecular complexity index is 471. The maximum absolute atomic E-state index is 12.1. The number of carbonyl (C=O) groups is 1. The minimum Gasteiger partial charge on any atom is -0.487 e. The quantitative estimate of drug-likeness (QED) is 0.796. The van der Waals surface area contributed by atoms with Crippen LogP contribution in [0.25, 0.3) is 0 Å². The number of aliphatic hydroxyl groups excluding tert-OH is 1. The number of hydrogen-bond donors (Lipinski definition) is 1. The van der Waals surface area contributed by atoms with Crippen LogP contribution in [-0.4, -0.2) is 35.5 Å². The first-order chi connectivity index (χ1) is 9.47. The molecule has 0 saturated heterocycles. The van der Waals surface area contributed by atoms with Gasteiger partial charge < -0.3 is 19.3 Å². The lowest BCUT2D eigenvalue weighted by molar-refractivity contribution is -0.163. The lowest BCUT2D eigenvalue weighted by Gasteiger charge is -2.27. The zero-order chi connectivity index (χ0) is 14.7. The average molecular weight is 280 g/mol. The van der Waals surface area contributed by atoms with Crippen molar-refractivity contribution in [2.24, 2.45) is 0 Å². The highest BCUT2D eigenvalue weighted by Crippen LogP contribution is 2.30. The van der Waals surface area contributed by atoms with Gasteiger partial charge in [0.2, 0.25) is 6.10 Å². The molecule has 0 amide bonds. The molecule has 20 heavy (non-hydrogen) atoms. The number of benzene rings is 1. The highest BCUT2D eigenvalue weighted by molar-refractivity contribution is 5.76. The molecule has 1 aromatic carbocycles. The van der Waals surface area contributed by atoms with Gasteiger partial charge >= 0.3 is 5.97 Å². The number of fused-ring (bicyclic) bond motifs is 1. The van der Waals surface area contributed by atoms with E-state index in [0.29, 0.717) is 17.9 Å². The molecule has 0 bridgehead atoms. The summed E-state index contributed by atoms with van der Waals surface area (Å²) >= 11 is 0. The fourth-order valence-electron chi connectivity index (χ4n) is 2.17. The fraction of sp³-hybridized carbons (Fsp3) is 0.533. The Morgan fingerprint density at radius 3 is 2.25 bits per heavy atom. The molecule has 1 heterocycles. The van der Waals surface area contributed by atoms with Crippen molar-refractivity contribution < 1.29 is 24.1 Å². The van der Waals surface area contributed by atoms with E-state index in [1.165, 1.54) is 6.92 Å². The second-order valence-corrected chi connectivity index (χ2v) is 5.14. The van der Waals surface area contributed by atoms with E-state index in [-0.39, 0.29) is 12.2 Å². The summed E-state index contributed by atoms with van der Waals surface area (Å²) in [5.41, 5.74) is 0. The van der Waals surface area contributed by atoms with Crippen LogP contribution in [0.5, 0.6) is 11.5 Å². The Morgan fingerprint density at radius 1 is 1.10 bits per heavy atom. The van der Waals surface area contributed by atoms with Crippen LogP contribution < -0.4 is 9.47 Å². The van der Waals surface area contributed by atoms with Gasteiger partial charge in [-0.15, -0.1) is 0 Å². The predicted molar refractivity (Wildman–Crippen MR) is 72.8 cm³/mol. The summed E-state index contributed by atoms with van der Waals surface area (Å²) in [5, 5.41) is 9.72. The van der Waals surface area contributed by atoms with Crippen LogP contribution >= 0.6 is 0 Å². The number of cyclic esters (lactones) is 1. The number of esters is 1. The number of rotatable bonds is 1. The van der Waals surface area contributed by atoms with Crippen molar-refractivity contribution in [1.29, 1.82) is 0 Å². The first-order valence-corrected chi connectivity index (χ1v) is 6.78. The number of carbonyl (C=O) groups excluding carboxylic acids is 1. The van der Waals surface area contributed by atoms with E-state index in [0.717, 1.165) is 0 Å². The summed E-state index contributed by atoms with van der Waals surface area (Å²) in [6.07, 6.45) is -1.86. The smallest absolute Gasteiger partial charge is 0.350 e. The molecule has 2 rings (SSSR count). The Balaban J connectivity index is 2.34. The molecule has 1 aliphatic rings. The van der Waals surface area contributed by atoms with Gasteiger partial charge in [-0.2, -0.15) is 0 Å². The van der Waals surface area contributed by atoms with Crippen LogP contribution in [0.2, 0.25) is 0 Å². The van der Waals surface area contributed by atoms with Gasteiger partial charge in [-0.3, -0.25) is 0 Å². The van der Waals surface area contributed by atoms with Crippen LogP contribution in [0.3, 0.4) is 0 Å². The maximum Gasteiger partial charge on any atom is 0.350 e. The van der Waals surface area contributed by atoms with Gasteiger partial charge in [0.1, 0.15) is 6.10 Å². The van der Waals surface area contributed by atoms with E-state index in [9.17, 15) is 9.90 Å². The van der Waals surface area contributed by atoms with Crippen molar-refractivity contribution in [2.75, 3.05) is 0 Å². The Hall–Kier alpha value is -1.75. The molecule has 0 aliphatic carbocycles. The molecule has 1 aromatic rings. The summed E-state index contributed by atoms with van der Waals surface area (Å²) < 4.78 is 16.7. The molecule has 0 spiro atoms. The van der Waals surface area contributed by atoms with Crippen LogP contribution in [0.1, 0.15) is 27.2 Å². The molecule has 0 aromatic heterocycles. The molecule has 0 radical (unpaired) electrons. The number of hydrogen-bond acceptors (Lipinski definition) is 5. The lowest BCUT2D eigenvalue weighted by atomic mass is 10.1. The SMILES string of the molecule is C[C@H](O)C1Oc2ccccc2O[C@@H](C)C[C@H](C)OC1=O. The maximum atomic E-state index is 12.1. The molecule has 0 saturated carbocycles. The van der Waals surface area contributed by atoms with Gasteiger partial charge in [0.25, 0.3) is 0 Å². The van der Waals surface area contributed by atoms with Gasteiger partial charge in [0.15, 0.2) is 11.5 Å². The number of ether oxygens (including phenoxy) is 3. The second kappa shape index (κ2) is 6.13. The summed E-state index contributed by atoms with van der Waals surface area (Å²) in [6.45, 7) is 5.20. The van der Waals surface area contributed by atoms with Gasteiger partial charge in [0.05, 0.1) is 12.2 Å². The van der Waals surface area contributed by atoms with Crippen molar-refractivity contribution in [2.45, 2.75) is 51.6 Å². The Kier molecular flexibility index (Phi) is 4.49. The standard InChI is InChI=1S/C15H20O5/c1-9-8-10(2)19-15(17)14(11(3)16)20-13-7-5-4-6-12(13)18-9/h4-7,9-11,14,16H,8H2,1-3H3/t9-,10-,11-,14?/m0/s1. The summed E-state index contributed by atoms with van der Waals surface area (Å²) in [6, 6.07) is 7.10. The zero-order valence-electron chi connectivity index (χ0n) is 11.9. The van der Waals surface area contributed by atoms with Crippen molar-refractivity contribution in [3.05, 3.63) is 24.3 Å². The lowest BCUT2D eigenvalue weighted by Crippen LogP contribution is -2.41. The highest BCUT2D eigenvalue weighted by atomic mass is 16.6. The summed E-state index contributed by atoms with van der Waals surface area (Å²) in [4.78, 5) is 12.1. The van der Waals surface area contributed by atoms with Crippen molar-refractivity contribution in [3.8, 4) is 11.5 Å². The van der Waals surface area contributed by atoms with Crippen molar-refractivity contribution in [3.63, 3.8) is 0 Å². The normalized spacial score (nSPS) is 28.4. The van der Waals surface area contributed by atoms with Crippen LogP contribution in [0, 0.1) is 0 Å². The van der Waals surface area contributed by atoms with Crippen molar-refractivity contribution >= 4 is 5.97 Å². The first kappa shape index (κ1) is 14.7. The molecule has 4 atom stereocenters. The van der Waals surface area contributed by atoms with Gasteiger partial charge in [-0.25, -0.2) is 4.79 Å². The van der Waals surface area contributed by atoms with Gasteiger partial charge in [0, 0.05) is 6.42 Å². The molecular weight excluding hydrogens is 260 g/mol. The fourth-order valence-corrected chi connectivity index (χ4v) is 2.17.